The van der Waals surface area contributed by atoms with Gasteiger partial charge in [0.2, 0.25) is 0 Å². The van der Waals surface area contributed by atoms with Gasteiger partial charge in [-0.15, -0.1) is 0 Å². The number of aryl methyl sites for hydroxylation is 1. The molecule has 0 fully saturated rings. The van der Waals surface area contributed by atoms with Gasteiger partial charge in [-0.1, -0.05) is 66.7 Å². The first-order valence-electron chi connectivity index (χ1n) is 8.38. The molecule has 122 valence electrons. The van der Waals surface area contributed by atoms with Gasteiger partial charge in [-0.3, -0.25) is 0 Å². The van der Waals surface area contributed by atoms with Crippen LogP contribution in [-0.2, 0) is 0 Å². The normalized spacial score (nSPS) is 10.8. The quantitative estimate of drug-likeness (QED) is 0.517. The summed E-state index contributed by atoms with van der Waals surface area (Å²) in [7, 11) is 0. The highest BCUT2D eigenvalue weighted by Crippen LogP contribution is 2.33. The van der Waals surface area contributed by atoms with Crippen molar-refractivity contribution in [3.63, 3.8) is 0 Å². The molecular weight excluding hydrogens is 306 g/mol. The number of pyridine rings is 1. The van der Waals surface area contributed by atoms with Crippen molar-refractivity contribution < 1.29 is 0 Å². The van der Waals surface area contributed by atoms with Crippen molar-refractivity contribution in [3.8, 4) is 28.3 Å². The summed E-state index contributed by atoms with van der Waals surface area (Å²) in [5, 5.41) is 4.92. The van der Waals surface area contributed by atoms with E-state index in [4.69, 9.17) is 5.10 Å². The third-order valence-corrected chi connectivity index (χ3v) is 4.31. The molecule has 0 aliphatic heterocycles. The summed E-state index contributed by atoms with van der Waals surface area (Å²) in [6.07, 6.45) is 0. The lowest BCUT2D eigenvalue weighted by Crippen LogP contribution is -2.03. The van der Waals surface area contributed by atoms with Gasteiger partial charge in [-0.05, 0) is 26.0 Å². The molecule has 25 heavy (non-hydrogen) atoms. The molecule has 0 aliphatic rings. The van der Waals surface area contributed by atoms with Gasteiger partial charge in [0, 0.05) is 22.4 Å². The molecular formula is C22H19N3. The van der Waals surface area contributed by atoms with Gasteiger partial charge in [0.15, 0.2) is 5.82 Å². The Balaban J connectivity index is 1.99. The first kappa shape index (κ1) is 15.3. The second-order valence-corrected chi connectivity index (χ2v) is 6.10. The molecule has 0 aliphatic carbocycles. The minimum absolute atomic E-state index is 0.837. The molecule has 0 amide bonds. The van der Waals surface area contributed by atoms with Crippen molar-refractivity contribution >= 4 is 0 Å². The van der Waals surface area contributed by atoms with Crippen LogP contribution in [0.5, 0.6) is 0 Å². The molecule has 2 aromatic heterocycles. The van der Waals surface area contributed by atoms with E-state index in [1.165, 1.54) is 0 Å². The number of aromatic nitrogens is 3. The zero-order valence-corrected chi connectivity index (χ0v) is 14.3. The Bertz CT molecular complexity index is 1000. The zero-order chi connectivity index (χ0) is 17.2. The molecule has 0 N–H and O–H groups in total. The van der Waals surface area contributed by atoms with E-state index in [2.05, 4.69) is 48.3 Å². The molecule has 2 heterocycles. The highest BCUT2D eigenvalue weighted by molar-refractivity contribution is 5.75. The summed E-state index contributed by atoms with van der Waals surface area (Å²) in [6.45, 7) is 4.13. The third kappa shape index (κ3) is 2.85. The standard InChI is InChI=1S/C22H19N3/c1-16-10-9-15-20(23-16)25-22(19-13-7-4-8-14-19)17(2)21(24-25)18-11-5-3-6-12-18/h3-15H,1-2H3. The molecule has 2 aromatic carbocycles. The topological polar surface area (TPSA) is 30.7 Å². The monoisotopic (exact) mass is 325 g/mol. The Kier molecular flexibility index (Phi) is 3.90. The minimum atomic E-state index is 0.837. The molecule has 4 aromatic rings. The van der Waals surface area contributed by atoms with Crippen molar-refractivity contribution in [1.82, 2.24) is 14.8 Å². The summed E-state index contributed by atoms with van der Waals surface area (Å²) in [5.74, 6) is 0.837. The average molecular weight is 325 g/mol. The van der Waals surface area contributed by atoms with Gasteiger partial charge in [-0.25, -0.2) is 9.67 Å². The number of hydrogen-bond acceptors (Lipinski definition) is 2. The Morgan fingerprint density at radius 2 is 1.32 bits per heavy atom. The Labute approximate surface area is 147 Å². The first-order chi connectivity index (χ1) is 12.2. The van der Waals surface area contributed by atoms with Crippen LogP contribution >= 0.6 is 0 Å². The predicted octanol–water partition coefficient (Wildman–Crippen LogP) is 5.22. The maximum Gasteiger partial charge on any atom is 0.154 e. The molecule has 0 spiro atoms. The van der Waals surface area contributed by atoms with Crippen LogP contribution in [0.25, 0.3) is 28.3 Å². The molecule has 4 rings (SSSR count). The molecule has 3 nitrogen and oxygen atoms in total. The molecule has 0 radical (unpaired) electrons. The van der Waals surface area contributed by atoms with Gasteiger partial charge >= 0.3 is 0 Å². The summed E-state index contributed by atoms with van der Waals surface area (Å²) < 4.78 is 1.96. The summed E-state index contributed by atoms with van der Waals surface area (Å²) >= 11 is 0. The molecule has 0 atom stereocenters. The van der Waals surface area contributed by atoms with E-state index in [1.807, 2.05) is 54.1 Å². The van der Waals surface area contributed by atoms with E-state index in [0.29, 0.717) is 0 Å². The second-order valence-electron chi connectivity index (χ2n) is 6.10. The number of nitrogens with zero attached hydrogens (tertiary/aromatic N) is 3. The first-order valence-corrected chi connectivity index (χ1v) is 8.38. The summed E-state index contributed by atoms with van der Waals surface area (Å²) in [6, 6.07) is 26.7. The second kappa shape index (κ2) is 6.36. The number of hydrogen-bond donors (Lipinski definition) is 0. The fraction of sp³-hybridized carbons (Fsp3) is 0.0909. The van der Waals surface area contributed by atoms with Gasteiger partial charge < -0.3 is 0 Å². The average Bonchev–Trinajstić information content (AvgIpc) is 3.00. The Hall–Kier alpha value is -3.20. The zero-order valence-electron chi connectivity index (χ0n) is 14.3. The van der Waals surface area contributed by atoms with E-state index in [-0.39, 0.29) is 0 Å². The molecule has 0 bridgehead atoms. The SMILES string of the molecule is Cc1cccc(-n2nc(-c3ccccc3)c(C)c2-c2ccccc2)n1. The van der Waals surface area contributed by atoms with E-state index in [9.17, 15) is 0 Å². The molecule has 0 saturated carbocycles. The van der Waals surface area contributed by atoms with E-state index in [1.54, 1.807) is 0 Å². The van der Waals surface area contributed by atoms with Crippen LogP contribution < -0.4 is 0 Å². The fourth-order valence-electron chi connectivity index (χ4n) is 3.11. The third-order valence-electron chi connectivity index (χ3n) is 4.31. The van der Waals surface area contributed by atoms with E-state index in [0.717, 1.165) is 39.6 Å². The summed E-state index contributed by atoms with van der Waals surface area (Å²) in [5.41, 5.74) is 6.45. The Morgan fingerprint density at radius 3 is 1.96 bits per heavy atom. The lowest BCUT2D eigenvalue weighted by atomic mass is 10.0. The molecule has 3 heteroatoms. The maximum atomic E-state index is 4.92. The van der Waals surface area contributed by atoms with Crippen LogP contribution in [0.1, 0.15) is 11.3 Å². The highest BCUT2D eigenvalue weighted by atomic mass is 15.3. The van der Waals surface area contributed by atoms with Crippen LogP contribution in [0.3, 0.4) is 0 Å². The van der Waals surface area contributed by atoms with Crippen molar-refractivity contribution in [3.05, 3.63) is 90.1 Å². The lowest BCUT2D eigenvalue weighted by Gasteiger charge is -2.08. The van der Waals surface area contributed by atoms with E-state index < -0.39 is 0 Å². The molecule has 0 saturated heterocycles. The van der Waals surface area contributed by atoms with Gasteiger partial charge in [0.1, 0.15) is 0 Å². The predicted molar refractivity (Wildman–Crippen MR) is 102 cm³/mol. The van der Waals surface area contributed by atoms with Crippen molar-refractivity contribution in [2.24, 2.45) is 0 Å². The Morgan fingerprint density at radius 1 is 0.680 bits per heavy atom. The van der Waals surface area contributed by atoms with E-state index >= 15 is 0 Å². The lowest BCUT2D eigenvalue weighted by molar-refractivity contribution is 0.851. The van der Waals surface area contributed by atoms with Gasteiger partial charge in [-0.2, -0.15) is 5.10 Å². The molecule has 0 unspecified atom stereocenters. The fourth-order valence-corrected chi connectivity index (χ4v) is 3.11. The summed E-state index contributed by atoms with van der Waals surface area (Å²) in [4.78, 5) is 4.68. The maximum absolute atomic E-state index is 4.92. The number of rotatable bonds is 3. The van der Waals surface area contributed by atoms with Crippen molar-refractivity contribution in [1.29, 1.82) is 0 Å². The van der Waals surface area contributed by atoms with Crippen LogP contribution in [0, 0.1) is 13.8 Å². The minimum Gasteiger partial charge on any atom is -0.234 e. The van der Waals surface area contributed by atoms with Crippen molar-refractivity contribution in [2.45, 2.75) is 13.8 Å². The van der Waals surface area contributed by atoms with Gasteiger partial charge in [0.25, 0.3) is 0 Å². The smallest absolute Gasteiger partial charge is 0.154 e. The van der Waals surface area contributed by atoms with Crippen LogP contribution in [0.2, 0.25) is 0 Å². The van der Waals surface area contributed by atoms with Crippen LogP contribution in [0.4, 0.5) is 0 Å². The van der Waals surface area contributed by atoms with Gasteiger partial charge in [0.05, 0.1) is 11.4 Å². The number of benzene rings is 2. The van der Waals surface area contributed by atoms with Crippen molar-refractivity contribution in [2.75, 3.05) is 0 Å². The largest absolute Gasteiger partial charge is 0.234 e. The van der Waals surface area contributed by atoms with Crippen LogP contribution in [0.15, 0.2) is 78.9 Å². The van der Waals surface area contributed by atoms with Crippen LogP contribution in [-0.4, -0.2) is 14.8 Å². The highest BCUT2D eigenvalue weighted by Gasteiger charge is 2.18.